The van der Waals surface area contributed by atoms with E-state index in [1.807, 2.05) is 60.7 Å². The Kier molecular flexibility index (Phi) is 3.41. The number of nitrogens with zero attached hydrogens (tertiary/aromatic N) is 1. The van der Waals surface area contributed by atoms with Crippen LogP contribution >= 0.6 is 0 Å². The topological polar surface area (TPSA) is 21.7 Å². The van der Waals surface area contributed by atoms with Gasteiger partial charge in [0, 0.05) is 5.23 Å². The van der Waals surface area contributed by atoms with Crippen molar-refractivity contribution in [2.24, 2.45) is 0 Å². The lowest BCUT2D eigenvalue weighted by Gasteiger charge is -2.17. The Balaban J connectivity index is 1.92. The Morgan fingerprint density at radius 3 is 1.44 bits per heavy atom. The van der Waals surface area contributed by atoms with Crippen LogP contribution in [0.5, 0.6) is 11.5 Å². The number of benzene rings is 2. The van der Waals surface area contributed by atoms with Gasteiger partial charge >= 0.3 is 0 Å². The predicted molar refractivity (Wildman–Crippen MR) is 61.9 cm³/mol. The third-order valence-electron chi connectivity index (χ3n) is 1.95. The van der Waals surface area contributed by atoms with Crippen LogP contribution in [0.4, 0.5) is 0 Å². The molecule has 82 valence electrons. The molecule has 0 atom stereocenters. The second-order valence-electron chi connectivity index (χ2n) is 3.25. The first-order valence-corrected chi connectivity index (χ1v) is 5.04. The molecule has 2 aromatic carbocycles. The molecule has 0 aromatic heterocycles. The standard InChI is InChI=1S/C13H13NO2/c1-14(15-12-8-4-2-5-9-12)16-13-10-6-3-7-11-13/h2-11H,1H3. The van der Waals surface area contributed by atoms with Gasteiger partial charge in [0.2, 0.25) is 0 Å². The van der Waals surface area contributed by atoms with Crippen molar-refractivity contribution in [3.8, 4) is 11.5 Å². The lowest BCUT2D eigenvalue weighted by Crippen LogP contribution is -2.26. The van der Waals surface area contributed by atoms with Gasteiger partial charge in [0.05, 0.1) is 7.05 Å². The maximum atomic E-state index is 5.43. The van der Waals surface area contributed by atoms with Gasteiger partial charge in [-0.3, -0.25) is 0 Å². The zero-order chi connectivity index (χ0) is 11.2. The maximum absolute atomic E-state index is 5.43. The van der Waals surface area contributed by atoms with Gasteiger partial charge in [-0.15, -0.1) is 0 Å². The normalized spacial score (nSPS) is 10.1. The molecule has 16 heavy (non-hydrogen) atoms. The SMILES string of the molecule is CN(Oc1ccccc1)Oc1ccccc1. The van der Waals surface area contributed by atoms with E-state index in [-0.39, 0.29) is 0 Å². The average molecular weight is 215 g/mol. The highest BCUT2D eigenvalue weighted by Crippen LogP contribution is 2.13. The Morgan fingerprint density at radius 2 is 1.06 bits per heavy atom. The molecular formula is C13H13NO2. The van der Waals surface area contributed by atoms with Crippen LogP contribution in [0.1, 0.15) is 0 Å². The molecule has 0 unspecified atom stereocenters. The van der Waals surface area contributed by atoms with Crippen LogP contribution in [0, 0.1) is 0 Å². The lowest BCUT2D eigenvalue weighted by atomic mass is 10.3. The molecule has 0 saturated carbocycles. The number of rotatable bonds is 4. The third-order valence-corrected chi connectivity index (χ3v) is 1.95. The van der Waals surface area contributed by atoms with Crippen molar-refractivity contribution < 1.29 is 9.68 Å². The van der Waals surface area contributed by atoms with E-state index in [9.17, 15) is 0 Å². The summed E-state index contributed by atoms with van der Waals surface area (Å²) in [5.41, 5.74) is 0. The second kappa shape index (κ2) is 5.19. The Bertz CT molecular complexity index is 375. The van der Waals surface area contributed by atoms with E-state index in [2.05, 4.69) is 0 Å². The first-order valence-electron chi connectivity index (χ1n) is 5.04. The van der Waals surface area contributed by atoms with Gasteiger partial charge in [-0.25, -0.2) is 0 Å². The molecule has 0 saturated heterocycles. The van der Waals surface area contributed by atoms with Gasteiger partial charge in [0.1, 0.15) is 0 Å². The molecule has 0 fully saturated rings. The predicted octanol–water partition coefficient (Wildman–Crippen LogP) is 2.91. The van der Waals surface area contributed by atoms with Crippen LogP contribution in [0.2, 0.25) is 0 Å². The summed E-state index contributed by atoms with van der Waals surface area (Å²) in [6, 6.07) is 19.0. The molecule has 0 aliphatic rings. The number of hydrogen-bond donors (Lipinski definition) is 0. The summed E-state index contributed by atoms with van der Waals surface area (Å²) < 4.78 is 0. The van der Waals surface area contributed by atoms with Gasteiger partial charge in [0.15, 0.2) is 11.5 Å². The molecule has 2 aromatic rings. The molecule has 3 heteroatoms. The lowest BCUT2D eigenvalue weighted by molar-refractivity contribution is -0.236. The molecule has 2 rings (SSSR count). The largest absolute Gasteiger partial charge is 0.371 e. The highest BCUT2D eigenvalue weighted by molar-refractivity contribution is 5.21. The fraction of sp³-hybridized carbons (Fsp3) is 0.0769. The number of para-hydroxylation sites is 2. The van der Waals surface area contributed by atoms with Crippen LogP contribution < -0.4 is 9.68 Å². The van der Waals surface area contributed by atoms with E-state index >= 15 is 0 Å². The van der Waals surface area contributed by atoms with Crippen molar-refractivity contribution in [1.82, 2.24) is 5.23 Å². The summed E-state index contributed by atoms with van der Waals surface area (Å²) >= 11 is 0. The van der Waals surface area contributed by atoms with E-state index in [1.165, 1.54) is 5.23 Å². The molecule has 0 N–H and O–H groups in total. The van der Waals surface area contributed by atoms with Gasteiger partial charge in [-0.1, -0.05) is 36.4 Å². The van der Waals surface area contributed by atoms with E-state index < -0.39 is 0 Å². The highest BCUT2D eigenvalue weighted by Gasteiger charge is 2.01. The summed E-state index contributed by atoms with van der Waals surface area (Å²) in [6.07, 6.45) is 0. The van der Waals surface area contributed by atoms with Crippen LogP contribution in [0.15, 0.2) is 60.7 Å². The van der Waals surface area contributed by atoms with Gasteiger partial charge in [0.25, 0.3) is 0 Å². The zero-order valence-electron chi connectivity index (χ0n) is 9.04. The van der Waals surface area contributed by atoms with Gasteiger partial charge in [-0.05, 0) is 24.3 Å². The highest BCUT2D eigenvalue weighted by atomic mass is 16.9. The smallest absolute Gasteiger partial charge is 0.151 e. The monoisotopic (exact) mass is 215 g/mol. The number of hydrogen-bond acceptors (Lipinski definition) is 3. The van der Waals surface area contributed by atoms with Crippen molar-refractivity contribution in [3.05, 3.63) is 60.7 Å². The van der Waals surface area contributed by atoms with Crippen LogP contribution in [0.25, 0.3) is 0 Å². The molecular weight excluding hydrogens is 202 g/mol. The molecule has 0 bridgehead atoms. The van der Waals surface area contributed by atoms with Crippen molar-refractivity contribution in [2.75, 3.05) is 7.05 Å². The van der Waals surface area contributed by atoms with Gasteiger partial charge in [-0.2, -0.15) is 0 Å². The van der Waals surface area contributed by atoms with Crippen molar-refractivity contribution in [1.29, 1.82) is 0 Å². The first-order chi connectivity index (χ1) is 7.84. The number of hydroxylamine groups is 2. The molecule has 0 aliphatic carbocycles. The minimum atomic E-state index is 0.737. The molecule has 0 amide bonds. The second-order valence-corrected chi connectivity index (χ2v) is 3.25. The van der Waals surface area contributed by atoms with Crippen molar-refractivity contribution in [2.45, 2.75) is 0 Å². The molecule has 0 aliphatic heterocycles. The van der Waals surface area contributed by atoms with Gasteiger partial charge < -0.3 is 9.68 Å². The minimum absolute atomic E-state index is 0.737. The molecule has 0 spiro atoms. The van der Waals surface area contributed by atoms with E-state index in [4.69, 9.17) is 9.68 Å². The molecule has 0 radical (unpaired) electrons. The third kappa shape index (κ3) is 3.00. The molecule has 0 heterocycles. The summed E-state index contributed by atoms with van der Waals surface area (Å²) in [5, 5.41) is 1.32. The summed E-state index contributed by atoms with van der Waals surface area (Å²) in [4.78, 5) is 10.9. The molecule has 3 nitrogen and oxygen atoms in total. The van der Waals surface area contributed by atoms with Crippen LogP contribution in [-0.2, 0) is 0 Å². The van der Waals surface area contributed by atoms with Crippen LogP contribution in [0.3, 0.4) is 0 Å². The minimum Gasteiger partial charge on any atom is -0.371 e. The first kappa shape index (κ1) is 10.5. The van der Waals surface area contributed by atoms with E-state index in [0.29, 0.717) is 0 Å². The van der Waals surface area contributed by atoms with E-state index in [1.54, 1.807) is 7.05 Å². The fourth-order valence-electron chi connectivity index (χ4n) is 1.28. The Labute approximate surface area is 94.7 Å². The maximum Gasteiger partial charge on any atom is 0.151 e. The summed E-state index contributed by atoms with van der Waals surface area (Å²) in [6.45, 7) is 0. The average Bonchev–Trinajstić information content (AvgIpc) is 2.31. The van der Waals surface area contributed by atoms with E-state index in [0.717, 1.165) is 11.5 Å². The quantitative estimate of drug-likeness (QED) is 0.732. The van der Waals surface area contributed by atoms with Crippen LogP contribution in [-0.4, -0.2) is 12.3 Å². The van der Waals surface area contributed by atoms with Crippen molar-refractivity contribution in [3.63, 3.8) is 0 Å². The Hall–Kier alpha value is -2.00. The Morgan fingerprint density at radius 1 is 0.688 bits per heavy atom. The fourth-order valence-corrected chi connectivity index (χ4v) is 1.28. The van der Waals surface area contributed by atoms with Crippen molar-refractivity contribution >= 4 is 0 Å². The summed E-state index contributed by atoms with van der Waals surface area (Å²) in [5.74, 6) is 1.47. The summed E-state index contributed by atoms with van der Waals surface area (Å²) in [7, 11) is 1.71. The zero-order valence-corrected chi connectivity index (χ0v) is 9.04.